The summed E-state index contributed by atoms with van der Waals surface area (Å²) in [6.45, 7) is 2.27. The number of nitrogens with zero attached hydrogens (tertiary/aromatic N) is 4. The van der Waals surface area contributed by atoms with Gasteiger partial charge in [0, 0.05) is 25.4 Å². The lowest BCUT2D eigenvalue weighted by Crippen LogP contribution is -2.19. The SMILES string of the molecule is c1cc2nc(N3CCCC3)ccn2n1. The Morgan fingerprint density at radius 2 is 2.00 bits per heavy atom. The zero-order valence-corrected chi connectivity index (χ0v) is 7.93. The van der Waals surface area contributed by atoms with Crippen molar-refractivity contribution >= 4 is 11.5 Å². The van der Waals surface area contributed by atoms with E-state index in [0.29, 0.717) is 0 Å². The van der Waals surface area contributed by atoms with Crippen molar-refractivity contribution in [3.05, 3.63) is 24.5 Å². The molecule has 3 rings (SSSR count). The topological polar surface area (TPSA) is 33.4 Å². The van der Waals surface area contributed by atoms with Crippen LogP contribution in [0.2, 0.25) is 0 Å². The van der Waals surface area contributed by atoms with E-state index in [1.807, 2.05) is 18.3 Å². The van der Waals surface area contributed by atoms with Crippen LogP contribution in [-0.2, 0) is 0 Å². The fraction of sp³-hybridized carbons (Fsp3) is 0.400. The summed E-state index contributed by atoms with van der Waals surface area (Å²) in [6, 6.07) is 3.96. The van der Waals surface area contributed by atoms with Gasteiger partial charge in [0.05, 0.1) is 6.20 Å². The molecule has 0 N–H and O–H groups in total. The molecule has 0 aliphatic carbocycles. The van der Waals surface area contributed by atoms with Gasteiger partial charge in [-0.1, -0.05) is 0 Å². The molecule has 0 amide bonds. The molecule has 14 heavy (non-hydrogen) atoms. The van der Waals surface area contributed by atoms with Gasteiger partial charge in [-0.25, -0.2) is 9.50 Å². The Morgan fingerprint density at radius 1 is 1.14 bits per heavy atom. The molecule has 72 valence electrons. The number of anilines is 1. The zero-order valence-electron chi connectivity index (χ0n) is 7.93. The molecule has 4 heteroatoms. The van der Waals surface area contributed by atoms with Crippen LogP contribution >= 0.6 is 0 Å². The lowest BCUT2D eigenvalue weighted by Gasteiger charge is -2.15. The normalized spacial score (nSPS) is 16.7. The van der Waals surface area contributed by atoms with Gasteiger partial charge in [-0.3, -0.25) is 0 Å². The predicted molar refractivity (Wildman–Crippen MR) is 54.4 cm³/mol. The number of hydrogen-bond acceptors (Lipinski definition) is 3. The molecule has 1 aliphatic heterocycles. The fourth-order valence-corrected chi connectivity index (χ4v) is 1.92. The van der Waals surface area contributed by atoms with Crippen LogP contribution in [0.3, 0.4) is 0 Å². The summed E-state index contributed by atoms with van der Waals surface area (Å²) in [4.78, 5) is 6.87. The van der Waals surface area contributed by atoms with Crippen molar-refractivity contribution in [1.29, 1.82) is 0 Å². The first-order chi connectivity index (χ1) is 6.93. The van der Waals surface area contributed by atoms with Gasteiger partial charge in [0.1, 0.15) is 5.82 Å². The number of rotatable bonds is 1. The highest BCUT2D eigenvalue weighted by Gasteiger charge is 2.13. The monoisotopic (exact) mass is 188 g/mol. The van der Waals surface area contributed by atoms with Crippen LogP contribution in [0, 0.1) is 0 Å². The maximum atomic E-state index is 4.54. The van der Waals surface area contributed by atoms with E-state index in [4.69, 9.17) is 0 Å². The molecular weight excluding hydrogens is 176 g/mol. The molecule has 2 aromatic heterocycles. The van der Waals surface area contributed by atoms with Gasteiger partial charge in [-0.05, 0) is 18.9 Å². The average Bonchev–Trinajstić information content (AvgIpc) is 2.88. The Bertz CT molecular complexity index is 442. The van der Waals surface area contributed by atoms with Gasteiger partial charge in [-0.2, -0.15) is 5.10 Å². The van der Waals surface area contributed by atoms with Gasteiger partial charge in [-0.15, -0.1) is 0 Å². The first-order valence-electron chi connectivity index (χ1n) is 4.99. The van der Waals surface area contributed by atoms with Crippen LogP contribution < -0.4 is 4.90 Å². The second-order valence-corrected chi connectivity index (χ2v) is 3.61. The van der Waals surface area contributed by atoms with Crippen molar-refractivity contribution in [2.75, 3.05) is 18.0 Å². The van der Waals surface area contributed by atoms with Crippen molar-refractivity contribution in [2.45, 2.75) is 12.8 Å². The van der Waals surface area contributed by atoms with Crippen LogP contribution in [0.4, 0.5) is 5.82 Å². The maximum absolute atomic E-state index is 4.54. The Balaban J connectivity index is 2.04. The van der Waals surface area contributed by atoms with Crippen molar-refractivity contribution < 1.29 is 0 Å². The summed E-state index contributed by atoms with van der Waals surface area (Å²) in [5, 5.41) is 4.12. The number of fused-ring (bicyclic) bond motifs is 1. The van der Waals surface area contributed by atoms with E-state index in [2.05, 4.69) is 15.0 Å². The molecule has 0 radical (unpaired) electrons. The third-order valence-corrected chi connectivity index (χ3v) is 2.67. The first kappa shape index (κ1) is 7.79. The minimum atomic E-state index is 0.925. The van der Waals surface area contributed by atoms with Crippen molar-refractivity contribution in [3.63, 3.8) is 0 Å². The maximum Gasteiger partial charge on any atom is 0.157 e. The largest absolute Gasteiger partial charge is 0.357 e. The molecule has 0 spiro atoms. The number of aromatic nitrogens is 3. The molecule has 0 aromatic carbocycles. The minimum absolute atomic E-state index is 0.925. The van der Waals surface area contributed by atoms with Crippen molar-refractivity contribution in [2.24, 2.45) is 0 Å². The highest BCUT2D eigenvalue weighted by molar-refractivity contribution is 5.47. The highest BCUT2D eigenvalue weighted by atomic mass is 15.3. The lowest BCUT2D eigenvalue weighted by atomic mass is 10.4. The van der Waals surface area contributed by atoms with E-state index >= 15 is 0 Å². The summed E-state index contributed by atoms with van der Waals surface area (Å²) in [7, 11) is 0. The van der Waals surface area contributed by atoms with Crippen LogP contribution in [0.1, 0.15) is 12.8 Å². The van der Waals surface area contributed by atoms with Gasteiger partial charge >= 0.3 is 0 Å². The molecule has 3 heterocycles. The Kier molecular flexibility index (Phi) is 1.65. The smallest absolute Gasteiger partial charge is 0.157 e. The standard InChI is InChI=1S/C10H12N4/c1-2-7-13(6-1)9-4-8-14-10(12-9)3-5-11-14/h3-5,8H,1-2,6-7H2. The van der Waals surface area contributed by atoms with Gasteiger partial charge in [0.25, 0.3) is 0 Å². The zero-order chi connectivity index (χ0) is 9.38. The Labute approximate surface area is 82.2 Å². The van der Waals surface area contributed by atoms with Crippen molar-refractivity contribution in [3.8, 4) is 0 Å². The van der Waals surface area contributed by atoms with E-state index in [1.165, 1.54) is 12.8 Å². The van der Waals surface area contributed by atoms with Gasteiger partial charge in [0.2, 0.25) is 0 Å². The summed E-state index contributed by atoms with van der Waals surface area (Å²) in [6.07, 6.45) is 6.31. The predicted octanol–water partition coefficient (Wildman–Crippen LogP) is 1.33. The van der Waals surface area contributed by atoms with E-state index in [9.17, 15) is 0 Å². The Morgan fingerprint density at radius 3 is 2.86 bits per heavy atom. The summed E-state index contributed by atoms with van der Waals surface area (Å²) in [5.41, 5.74) is 0.925. The quantitative estimate of drug-likeness (QED) is 0.677. The molecule has 2 aromatic rings. The molecule has 1 saturated heterocycles. The van der Waals surface area contributed by atoms with Gasteiger partial charge < -0.3 is 4.90 Å². The molecule has 0 saturated carbocycles. The lowest BCUT2D eigenvalue weighted by molar-refractivity contribution is 0.899. The molecule has 0 atom stereocenters. The highest BCUT2D eigenvalue weighted by Crippen LogP contribution is 2.17. The summed E-state index contributed by atoms with van der Waals surface area (Å²) < 4.78 is 1.79. The number of hydrogen-bond donors (Lipinski definition) is 0. The van der Waals surface area contributed by atoms with E-state index in [-0.39, 0.29) is 0 Å². The van der Waals surface area contributed by atoms with Gasteiger partial charge in [0.15, 0.2) is 5.65 Å². The molecule has 4 nitrogen and oxygen atoms in total. The molecule has 1 aliphatic rings. The van der Waals surface area contributed by atoms with Crippen LogP contribution in [-0.4, -0.2) is 27.7 Å². The minimum Gasteiger partial charge on any atom is -0.357 e. The second-order valence-electron chi connectivity index (χ2n) is 3.61. The van der Waals surface area contributed by atoms with Crippen LogP contribution in [0.25, 0.3) is 5.65 Å². The second kappa shape index (κ2) is 2.97. The third-order valence-electron chi connectivity index (χ3n) is 2.67. The summed E-state index contributed by atoms with van der Waals surface area (Å²) >= 11 is 0. The van der Waals surface area contributed by atoms with Crippen LogP contribution in [0.5, 0.6) is 0 Å². The van der Waals surface area contributed by atoms with E-state index < -0.39 is 0 Å². The van der Waals surface area contributed by atoms with Crippen molar-refractivity contribution in [1.82, 2.24) is 14.6 Å². The average molecular weight is 188 g/mol. The molecular formula is C10H12N4. The fourth-order valence-electron chi connectivity index (χ4n) is 1.92. The van der Waals surface area contributed by atoms with E-state index in [0.717, 1.165) is 24.6 Å². The summed E-state index contributed by atoms with van der Waals surface area (Å²) in [5.74, 6) is 1.08. The van der Waals surface area contributed by atoms with E-state index in [1.54, 1.807) is 10.7 Å². The third kappa shape index (κ3) is 1.14. The molecule has 0 bridgehead atoms. The first-order valence-corrected chi connectivity index (χ1v) is 4.99. The molecule has 1 fully saturated rings. The Hall–Kier alpha value is -1.58. The van der Waals surface area contributed by atoms with Crippen LogP contribution in [0.15, 0.2) is 24.5 Å². The molecule has 0 unspecified atom stereocenters.